The van der Waals surface area contributed by atoms with Crippen molar-refractivity contribution in [1.82, 2.24) is 5.32 Å². The smallest absolute Gasteiger partial charge is 0.345 e. The van der Waals surface area contributed by atoms with Crippen LogP contribution >= 0.6 is 0 Å². The van der Waals surface area contributed by atoms with Crippen LogP contribution in [-0.4, -0.2) is 18.1 Å². The van der Waals surface area contributed by atoms with Crippen LogP contribution in [0.25, 0.3) is 0 Å². The molecular weight excluding hydrogens is 231 g/mol. The van der Waals surface area contributed by atoms with Gasteiger partial charge in [0.2, 0.25) is 0 Å². The Labute approximate surface area is 97.9 Å². The van der Waals surface area contributed by atoms with E-state index in [9.17, 15) is 18.0 Å². The summed E-state index contributed by atoms with van der Waals surface area (Å²) in [7, 11) is 0. The van der Waals surface area contributed by atoms with Crippen LogP contribution in [0.3, 0.4) is 0 Å². The van der Waals surface area contributed by atoms with Gasteiger partial charge in [0.25, 0.3) is 0 Å². The summed E-state index contributed by atoms with van der Waals surface area (Å²) in [5, 5.41) is 2.20. The number of alkyl halides is 3. The van der Waals surface area contributed by atoms with Crippen LogP contribution in [0.5, 0.6) is 0 Å². The number of rotatable bonds is 1. The molecule has 0 aromatic rings. The van der Waals surface area contributed by atoms with Crippen molar-refractivity contribution >= 4 is 5.91 Å². The molecule has 3 fully saturated rings. The summed E-state index contributed by atoms with van der Waals surface area (Å²) in [6.45, 7) is 0. The van der Waals surface area contributed by atoms with Crippen molar-refractivity contribution in [2.75, 3.05) is 0 Å². The fourth-order valence-electron chi connectivity index (χ4n) is 4.48. The molecule has 3 rings (SSSR count). The van der Waals surface area contributed by atoms with E-state index in [1.807, 2.05) is 0 Å². The summed E-state index contributed by atoms with van der Waals surface area (Å²) in [5.74, 6) is 0.417. The molecule has 0 saturated heterocycles. The van der Waals surface area contributed by atoms with Crippen molar-refractivity contribution in [2.45, 2.75) is 44.3 Å². The molecule has 5 unspecified atom stereocenters. The Hall–Kier alpha value is -0.740. The fourth-order valence-corrected chi connectivity index (χ4v) is 4.48. The highest BCUT2D eigenvalue weighted by Gasteiger charge is 2.55. The van der Waals surface area contributed by atoms with Crippen molar-refractivity contribution < 1.29 is 18.0 Å². The molecule has 0 aliphatic heterocycles. The largest absolute Gasteiger partial charge is 0.471 e. The molecule has 0 aromatic carbocycles. The number of amides is 1. The van der Waals surface area contributed by atoms with E-state index in [0.29, 0.717) is 17.8 Å². The predicted octanol–water partition coefficient (Wildman–Crippen LogP) is 2.49. The van der Waals surface area contributed by atoms with E-state index < -0.39 is 12.1 Å². The van der Waals surface area contributed by atoms with E-state index in [1.54, 1.807) is 0 Å². The molecule has 3 saturated carbocycles. The van der Waals surface area contributed by atoms with Gasteiger partial charge in [-0.1, -0.05) is 6.42 Å². The summed E-state index contributed by atoms with van der Waals surface area (Å²) in [4.78, 5) is 11.0. The summed E-state index contributed by atoms with van der Waals surface area (Å²) in [6, 6.07) is -0.228. The van der Waals surface area contributed by atoms with Gasteiger partial charge in [-0.2, -0.15) is 13.2 Å². The average molecular weight is 247 g/mol. The highest BCUT2D eigenvalue weighted by atomic mass is 19.4. The number of hydrogen-bond acceptors (Lipinski definition) is 1. The van der Waals surface area contributed by atoms with Crippen molar-refractivity contribution in [2.24, 2.45) is 23.7 Å². The molecule has 2 nitrogen and oxygen atoms in total. The Kier molecular flexibility index (Phi) is 2.42. The number of nitrogens with one attached hydrogen (secondary N) is 1. The van der Waals surface area contributed by atoms with Gasteiger partial charge in [0.15, 0.2) is 0 Å². The van der Waals surface area contributed by atoms with Gasteiger partial charge in [0.05, 0.1) is 0 Å². The zero-order valence-corrected chi connectivity index (χ0v) is 9.46. The van der Waals surface area contributed by atoms with E-state index in [-0.39, 0.29) is 6.04 Å². The van der Waals surface area contributed by atoms with Crippen molar-refractivity contribution in [1.29, 1.82) is 0 Å². The number of carbonyl (C=O) groups is 1. The van der Waals surface area contributed by atoms with Crippen LogP contribution in [0.2, 0.25) is 0 Å². The van der Waals surface area contributed by atoms with Crippen LogP contribution in [0, 0.1) is 23.7 Å². The van der Waals surface area contributed by atoms with Crippen molar-refractivity contribution in [3.05, 3.63) is 0 Å². The number of fused-ring (bicyclic) bond motifs is 5. The van der Waals surface area contributed by atoms with Gasteiger partial charge in [-0.3, -0.25) is 4.79 Å². The predicted molar refractivity (Wildman–Crippen MR) is 55.0 cm³/mol. The molecular formula is C12H16F3NO. The first kappa shape index (κ1) is 11.4. The van der Waals surface area contributed by atoms with E-state index in [2.05, 4.69) is 5.32 Å². The van der Waals surface area contributed by atoms with Crippen LogP contribution in [0.4, 0.5) is 13.2 Å². The van der Waals surface area contributed by atoms with E-state index in [1.165, 1.54) is 12.8 Å². The number of carbonyl (C=O) groups excluding carboxylic acids is 1. The van der Waals surface area contributed by atoms with Gasteiger partial charge in [-0.05, 0) is 49.4 Å². The fraction of sp³-hybridized carbons (Fsp3) is 0.917. The molecule has 3 aliphatic carbocycles. The van der Waals surface area contributed by atoms with E-state index in [4.69, 9.17) is 0 Å². The molecule has 0 aromatic heterocycles. The number of hydrogen-bond donors (Lipinski definition) is 1. The minimum Gasteiger partial charge on any atom is -0.345 e. The van der Waals surface area contributed by atoms with Crippen LogP contribution in [0.1, 0.15) is 32.1 Å². The molecule has 1 amide bonds. The van der Waals surface area contributed by atoms with E-state index >= 15 is 0 Å². The molecule has 17 heavy (non-hydrogen) atoms. The maximum atomic E-state index is 12.2. The molecule has 5 atom stereocenters. The second-order valence-corrected chi connectivity index (χ2v) is 5.73. The Morgan fingerprint density at radius 3 is 2.47 bits per heavy atom. The Morgan fingerprint density at radius 1 is 1.06 bits per heavy atom. The molecule has 0 heterocycles. The van der Waals surface area contributed by atoms with Gasteiger partial charge in [-0.25, -0.2) is 0 Å². The zero-order valence-electron chi connectivity index (χ0n) is 9.46. The first-order valence-electron chi connectivity index (χ1n) is 6.34. The second kappa shape index (κ2) is 3.62. The van der Waals surface area contributed by atoms with Crippen molar-refractivity contribution in [3.63, 3.8) is 0 Å². The molecule has 0 radical (unpaired) electrons. The summed E-state index contributed by atoms with van der Waals surface area (Å²) in [5.41, 5.74) is 0. The second-order valence-electron chi connectivity index (χ2n) is 5.73. The molecule has 2 bridgehead atoms. The summed E-state index contributed by atoms with van der Waals surface area (Å²) in [6.07, 6.45) is 0.640. The average Bonchev–Trinajstić information content (AvgIpc) is 2.85. The highest BCUT2D eigenvalue weighted by molar-refractivity contribution is 5.82. The standard InChI is InChI=1S/C12H16F3NO/c13-12(14,15)11(17)16-10-5-6-4-9(10)8-3-1-2-7(6)8/h6-10H,1-5H2,(H,16,17). The highest BCUT2D eigenvalue weighted by Crippen LogP contribution is 2.58. The van der Waals surface area contributed by atoms with Gasteiger partial charge in [0, 0.05) is 6.04 Å². The first-order valence-corrected chi connectivity index (χ1v) is 6.34. The third-order valence-corrected chi connectivity index (χ3v) is 5.00. The quantitative estimate of drug-likeness (QED) is 0.757. The van der Waals surface area contributed by atoms with Crippen LogP contribution in [0.15, 0.2) is 0 Å². The summed E-state index contributed by atoms with van der Waals surface area (Å²) >= 11 is 0. The lowest BCUT2D eigenvalue weighted by Crippen LogP contribution is -2.47. The normalized spacial score (nSPS) is 43.8. The minimum atomic E-state index is -4.74. The van der Waals surface area contributed by atoms with Crippen LogP contribution < -0.4 is 5.32 Å². The first-order chi connectivity index (χ1) is 7.97. The Morgan fingerprint density at radius 2 is 1.76 bits per heavy atom. The van der Waals surface area contributed by atoms with Crippen molar-refractivity contribution in [3.8, 4) is 0 Å². The van der Waals surface area contributed by atoms with Gasteiger partial charge < -0.3 is 5.32 Å². The third-order valence-electron chi connectivity index (χ3n) is 5.00. The van der Waals surface area contributed by atoms with Crippen LogP contribution in [-0.2, 0) is 4.79 Å². The maximum absolute atomic E-state index is 12.2. The lowest BCUT2D eigenvalue weighted by atomic mass is 9.79. The topological polar surface area (TPSA) is 29.1 Å². The zero-order chi connectivity index (χ0) is 12.2. The lowest BCUT2D eigenvalue weighted by molar-refractivity contribution is -0.174. The SMILES string of the molecule is O=C(NC1CC2CC1C1CCCC21)C(F)(F)F. The molecule has 96 valence electrons. The van der Waals surface area contributed by atoms with Gasteiger partial charge in [0.1, 0.15) is 0 Å². The molecule has 3 aliphatic rings. The Bertz CT molecular complexity index is 341. The monoisotopic (exact) mass is 247 g/mol. The third kappa shape index (κ3) is 1.74. The maximum Gasteiger partial charge on any atom is 0.471 e. The lowest BCUT2D eigenvalue weighted by Gasteiger charge is -2.32. The number of halogens is 3. The Balaban J connectivity index is 1.66. The summed E-state index contributed by atoms with van der Waals surface area (Å²) < 4.78 is 36.6. The van der Waals surface area contributed by atoms with Gasteiger partial charge >= 0.3 is 12.1 Å². The van der Waals surface area contributed by atoms with E-state index in [0.717, 1.165) is 25.2 Å². The molecule has 1 N–H and O–H groups in total. The molecule has 5 heteroatoms. The minimum absolute atomic E-state index is 0.228. The molecule has 0 spiro atoms. The van der Waals surface area contributed by atoms with Gasteiger partial charge in [-0.15, -0.1) is 0 Å².